The van der Waals surface area contributed by atoms with E-state index >= 15 is 0 Å². The van der Waals surface area contributed by atoms with Crippen LogP contribution in [0.5, 0.6) is 0 Å². The van der Waals surface area contributed by atoms with Gasteiger partial charge in [0, 0.05) is 29.8 Å². The van der Waals surface area contributed by atoms with Crippen molar-refractivity contribution in [1.82, 2.24) is 4.57 Å². The minimum Gasteiger partial charge on any atom is -0.382 e. The largest absolute Gasteiger partial charge is 0.382 e. The Kier molecular flexibility index (Phi) is 4.46. The Morgan fingerprint density at radius 1 is 1.11 bits per heavy atom. The molecule has 18 heavy (non-hydrogen) atoms. The molecule has 0 fully saturated rings. The maximum atomic E-state index is 3.62. The van der Waals surface area contributed by atoms with Crippen molar-refractivity contribution in [1.29, 1.82) is 0 Å². The summed E-state index contributed by atoms with van der Waals surface area (Å²) in [7, 11) is 0. The molecule has 0 bridgehead atoms. The van der Waals surface area contributed by atoms with Crippen molar-refractivity contribution >= 4 is 5.69 Å². The molecule has 1 unspecified atom stereocenters. The van der Waals surface area contributed by atoms with Gasteiger partial charge in [-0.15, -0.1) is 0 Å². The highest BCUT2D eigenvalue weighted by atomic mass is 15.0. The van der Waals surface area contributed by atoms with Crippen LogP contribution in [0.25, 0.3) is 5.69 Å². The summed E-state index contributed by atoms with van der Waals surface area (Å²) in [5.41, 5.74) is 2.41. The zero-order chi connectivity index (χ0) is 12.8. The first-order valence-electron chi connectivity index (χ1n) is 6.83. The van der Waals surface area contributed by atoms with Gasteiger partial charge in [0.15, 0.2) is 0 Å². The van der Waals surface area contributed by atoms with Gasteiger partial charge in [0.1, 0.15) is 0 Å². The highest BCUT2D eigenvalue weighted by Crippen LogP contribution is 2.17. The first kappa shape index (κ1) is 12.7. The predicted octanol–water partition coefficient (Wildman–Crippen LogP) is 4.47. The van der Waals surface area contributed by atoms with E-state index in [0.29, 0.717) is 6.04 Å². The SMILES string of the molecule is CCCC(CC)Nc1cccc(-n2cccc2)c1. The average molecular weight is 242 g/mol. The van der Waals surface area contributed by atoms with Crippen LogP contribution in [0.4, 0.5) is 5.69 Å². The molecule has 2 nitrogen and oxygen atoms in total. The quantitative estimate of drug-likeness (QED) is 0.791. The van der Waals surface area contributed by atoms with Crippen LogP contribution in [0, 0.1) is 0 Å². The second-order valence-electron chi connectivity index (χ2n) is 4.68. The Labute approximate surface area is 110 Å². The molecule has 0 aliphatic rings. The fourth-order valence-electron chi connectivity index (χ4n) is 2.23. The number of nitrogens with zero attached hydrogens (tertiary/aromatic N) is 1. The Morgan fingerprint density at radius 2 is 1.89 bits per heavy atom. The van der Waals surface area contributed by atoms with E-state index in [1.807, 2.05) is 12.1 Å². The van der Waals surface area contributed by atoms with Crippen LogP contribution >= 0.6 is 0 Å². The van der Waals surface area contributed by atoms with Gasteiger partial charge >= 0.3 is 0 Å². The number of hydrogen-bond donors (Lipinski definition) is 1. The van der Waals surface area contributed by atoms with E-state index in [-0.39, 0.29) is 0 Å². The zero-order valence-electron chi connectivity index (χ0n) is 11.3. The molecule has 0 aliphatic heterocycles. The van der Waals surface area contributed by atoms with E-state index in [1.165, 1.54) is 30.6 Å². The third kappa shape index (κ3) is 3.16. The molecule has 0 saturated carbocycles. The predicted molar refractivity (Wildman–Crippen MR) is 78.4 cm³/mol. The van der Waals surface area contributed by atoms with Crippen molar-refractivity contribution in [2.24, 2.45) is 0 Å². The fraction of sp³-hybridized carbons (Fsp3) is 0.375. The standard InChI is InChI=1S/C16H22N2/c1-3-8-14(4-2)17-15-9-7-10-16(13-15)18-11-5-6-12-18/h5-7,9-14,17H,3-4,8H2,1-2H3. The van der Waals surface area contributed by atoms with Crippen LogP contribution in [0.3, 0.4) is 0 Å². The van der Waals surface area contributed by atoms with Gasteiger partial charge in [0.05, 0.1) is 0 Å². The van der Waals surface area contributed by atoms with Gasteiger partial charge in [-0.05, 0) is 43.2 Å². The molecule has 0 spiro atoms. The average Bonchev–Trinajstić information content (AvgIpc) is 2.92. The molecule has 0 saturated heterocycles. The molecule has 0 radical (unpaired) electrons. The van der Waals surface area contributed by atoms with Gasteiger partial charge in [0.25, 0.3) is 0 Å². The summed E-state index contributed by atoms with van der Waals surface area (Å²) in [6.45, 7) is 4.48. The lowest BCUT2D eigenvalue weighted by Crippen LogP contribution is -2.17. The third-order valence-electron chi connectivity index (χ3n) is 3.25. The monoisotopic (exact) mass is 242 g/mol. The number of aromatic nitrogens is 1. The minimum absolute atomic E-state index is 0.579. The van der Waals surface area contributed by atoms with Crippen LogP contribution in [-0.4, -0.2) is 10.6 Å². The van der Waals surface area contributed by atoms with E-state index in [9.17, 15) is 0 Å². The van der Waals surface area contributed by atoms with Crippen molar-refractivity contribution in [3.05, 3.63) is 48.8 Å². The molecule has 1 heterocycles. The van der Waals surface area contributed by atoms with Gasteiger partial charge in [-0.25, -0.2) is 0 Å². The molecule has 0 aliphatic carbocycles. The Bertz CT molecular complexity index is 460. The number of rotatable bonds is 6. The van der Waals surface area contributed by atoms with E-state index in [1.54, 1.807) is 0 Å². The molecule has 0 amide bonds. The van der Waals surface area contributed by atoms with Crippen molar-refractivity contribution in [2.45, 2.75) is 39.2 Å². The fourth-order valence-corrected chi connectivity index (χ4v) is 2.23. The minimum atomic E-state index is 0.579. The topological polar surface area (TPSA) is 17.0 Å². The molecule has 2 heteroatoms. The van der Waals surface area contributed by atoms with Crippen LogP contribution in [0.15, 0.2) is 48.8 Å². The second-order valence-corrected chi connectivity index (χ2v) is 4.68. The molecule has 1 aromatic heterocycles. The maximum Gasteiger partial charge on any atom is 0.0469 e. The number of hydrogen-bond acceptors (Lipinski definition) is 1. The number of nitrogens with one attached hydrogen (secondary N) is 1. The highest BCUT2D eigenvalue weighted by molar-refractivity contribution is 5.51. The summed E-state index contributed by atoms with van der Waals surface area (Å²) in [5, 5.41) is 3.62. The van der Waals surface area contributed by atoms with Crippen molar-refractivity contribution in [3.63, 3.8) is 0 Å². The van der Waals surface area contributed by atoms with Crippen LogP contribution in [-0.2, 0) is 0 Å². The van der Waals surface area contributed by atoms with Gasteiger partial charge < -0.3 is 9.88 Å². The summed E-state index contributed by atoms with van der Waals surface area (Å²) in [6, 6.07) is 13.3. The van der Waals surface area contributed by atoms with Crippen LogP contribution < -0.4 is 5.32 Å². The smallest absolute Gasteiger partial charge is 0.0469 e. The van der Waals surface area contributed by atoms with Gasteiger partial charge in [-0.3, -0.25) is 0 Å². The summed E-state index contributed by atoms with van der Waals surface area (Å²) in [4.78, 5) is 0. The van der Waals surface area contributed by atoms with Crippen LogP contribution in [0.1, 0.15) is 33.1 Å². The van der Waals surface area contributed by atoms with Gasteiger partial charge in [-0.2, -0.15) is 0 Å². The van der Waals surface area contributed by atoms with E-state index in [4.69, 9.17) is 0 Å². The van der Waals surface area contributed by atoms with Gasteiger partial charge in [-0.1, -0.05) is 26.3 Å². The number of anilines is 1. The molecular formula is C16H22N2. The lowest BCUT2D eigenvalue weighted by atomic mass is 10.1. The van der Waals surface area contributed by atoms with Crippen molar-refractivity contribution < 1.29 is 0 Å². The van der Waals surface area contributed by atoms with Gasteiger partial charge in [0.2, 0.25) is 0 Å². The Balaban J connectivity index is 2.12. The zero-order valence-corrected chi connectivity index (χ0v) is 11.3. The number of benzene rings is 1. The molecular weight excluding hydrogens is 220 g/mol. The highest BCUT2D eigenvalue weighted by Gasteiger charge is 2.05. The first-order chi connectivity index (χ1) is 8.83. The maximum absolute atomic E-state index is 3.62. The van der Waals surface area contributed by atoms with E-state index in [2.05, 4.69) is 60.4 Å². The van der Waals surface area contributed by atoms with Crippen molar-refractivity contribution in [2.75, 3.05) is 5.32 Å². The third-order valence-corrected chi connectivity index (χ3v) is 3.25. The Morgan fingerprint density at radius 3 is 2.56 bits per heavy atom. The lowest BCUT2D eigenvalue weighted by molar-refractivity contribution is 0.623. The Hall–Kier alpha value is -1.70. The summed E-state index contributed by atoms with van der Waals surface area (Å²) in [5.74, 6) is 0. The summed E-state index contributed by atoms with van der Waals surface area (Å²) >= 11 is 0. The summed E-state index contributed by atoms with van der Waals surface area (Å²) < 4.78 is 2.13. The molecule has 1 aromatic carbocycles. The molecule has 2 aromatic rings. The normalized spacial score (nSPS) is 12.3. The molecule has 1 atom stereocenters. The van der Waals surface area contributed by atoms with E-state index in [0.717, 1.165) is 0 Å². The second kappa shape index (κ2) is 6.29. The van der Waals surface area contributed by atoms with Crippen LogP contribution in [0.2, 0.25) is 0 Å². The summed E-state index contributed by atoms with van der Waals surface area (Å²) in [6.07, 6.45) is 7.76. The molecule has 96 valence electrons. The van der Waals surface area contributed by atoms with E-state index < -0.39 is 0 Å². The van der Waals surface area contributed by atoms with Crippen molar-refractivity contribution in [3.8, 4) is 5.69 Å². The lowest BCUT2D eigenvalue weighted by Gasteiger charge is -2.18. The first-order valence-corrected chi connectivity index (χ1v) is 6.83. The molecule has 2 rings (SSSR count). The molecule has 1 N–H and O–H groups in total.